The van der Waals surface area contributed by atoms with Gasteiger partial charge in [0.1, 0.15) is 0 Å². The van der Waals surface area contributed by atoms with E-state index in [9.17, 15) is 14.4 Å². The van der Waals surface area contributed by atoms with Crippen LogP contribution in [0, 0.1) is 5.92 Å². The van der Waals surface area contributed by atoms with E-state index in [4.69, 9.17) is 0 Å². The maximum atomic E-state index is 12.7. The maximum absolute atomic E-state index is 12.7. The van der Waals surface area contributed by atoms with Gasteiger partial charge in [0.15, 0.2) is 0 Å². The van der Waals surface area contributed by atoms with Gasteiger partial charge in [-0.15, -0.1) is 0 Å². The Kier molecular flexibility index (Phi) is 7.82. The Morgan fingerprint density at radius 2 is 1.58 bits per heavy atom. The summed E-state index contributed by atoms with van der Waals surface area (Å²) in [5, 5.41) is 8.32. The van der Waals surface area contributed by atoms with Crippen LogP contribution in [0.2, 0.25) is 0 Å². The Morgan fingerprint density at radius 3 is 2.29 bits per heavy atom. The van der Waals surface area contributed by atoms with Gasteiger partial charge < -0.3 is 16.0 Å². The van der Waals surface area contributed by atoms with E-state index in [2.05, 4.69) is 29.8 Å². The van der Waals surface area contributed by atoms with E-state index in [1.807, 2.05) is 24.3 Å². The van der Waals surface area contributed by atoms with Crippen molar-refractivity contribution in [3.63, 3.8) is 0 Å². The molecule has 164 valence electrons. The SMILES string of the molecule is CCc1ccc(CNC(=O)c2ccccc2NC(=O)C(=O)N[C@H]2CCCC[C@H]2C)cc1. The molecule has 0 saturated heterocycles. The highest BCUT2D eigenvalue weighted by molar-refractivity contribution is 6.40. The normalized spacial score (nSPS) is 18.1. The number of nitrogens with one attached hydrogen (secondary N) is 3. The summed E-state index contributed by atoms with van der Waals surface area (Å²) < 4.78 is 0. The zero-order chi connectivity index (χ0) is 22.2. The lowest BCUT2D eigenvalue weighted by molar-refractivity contribution is -0.137. The van der Waals surface area contributed by atoms with Crippen LogP contribution in [0.15, 0.2) is 48.5 Å². The molecule has 6 heteroatoms. The second kappa shape index (κ2) is 10.8. The number of aryl methyl sites for hydroxylation is 1. The molecule has 6 nitrogen and oxygen atoms in total. The smallest absolute Gasteiger partial charge is 0.313 e. The summed E-state index contributed by atoms with van der Waals surface area (Å²) in [6.45, 7) is 4.57. The first-order chi connectivity index (χ1) is 15.0. The van der Waals surface area contributed by atoms with Crippen LogP contribution in [-0.2, 0) is 22.6 Å². The predicted molar refractivity (Wildman–Crippen MR) is 122 cm³/mol. The molecule has 3 amide bonds. The van der Waals surface area contributed by atoms with Crippen molar-refractivity contribution in [3.05, 3.63) is 65.2 Å². The van der Waals surface area contributed by atoms with Gasteiger partial charge in [0.25, 0.3) is 5.91 Å². The van der Waals surface area contributed by atoms with E-state index in [-0.39, 0.29) is 11.9 Å². The number of hydrogen-bond donors (Lipinski definition) is 3. The van der Waals surface area contributed by atoms with Gasteiger partial charge in [0.05, 0.1) is 11.3 Å². The number of anilines is 1. The standard InChI is InChI=1S/C25H31N3O3/c1-3-18-12-14-19(15-13-18)16-26-23(29)20-9-5-7-11-22(20)28-25(31)24(30)27-21-10-6-4-8-17(21)2/h5,7,9,11-15,17,21H,3-4,6,8,10,16H2,1-2H3,(H,26,29)(H,27,30)(H,28,31)/t17-,21+/m1/s1. The molecule has 0 radical (unpaired) electrons. The van der Waals surface area contributed by atoms with Gasteiger partial charge in [-0.25, -0.2) is 0 Å². The third-order valence-corrected chi connectivity index (χ3v) is 5.94. The lowest BCUT2D eigenvalue weighted by atomic mass is 9.86. The Balaban J connectivity index is 1.60. The number of benzene rings is 2. The molecule has 2 aromatic carbocycles. The molecule has 3 rings (SSSR count). The van der Waals surface area contributed by atoms with Crippen molar-refractivity contribution in [1.29, 1.82) is 0 Å². The highest BCUT2D eigenvalue weighted by Crippen LogP contribution is 2.23. The molecule has 31 heavy (non-hydrogen) atoms. The molecule has 0 spiro atoms. The van der Waals surface area contributed by atoms with E-state index in [0.717, 1.165) is 37.7 Å². The van der Waals surface area contributed by atoms with E-state index in [0.29, 0.717) is 23.7 Å². The van der Waals surface area contributed by atoms with Crippen molar-refractivity contribution in [2.75, 3.05) is 5.32 Å². The summed E-state index contributed by atoms with van der Waals surface area (Å²) >= 11 is 0. The fourth-order valence-corrected chi connectivity index (χ4v) is 3.90. The molecule has 1 saturated carbocycles. The van der Waals surface area contributed by atoms with Crippen LogP contribution in [0.5, 0.6) is 0 Å². The highest BCUT2D eigenvalue weighted by Gasteiger charge is 2.26. The summed E-state index contributed by atoms with van der Waals surface area (Å²) in [7, 11) is 0. The van der Waals surface area contributed by atoms with Crippen molar-refractivity contribution in [2.24, 2.45) is 5.92 Å². The molecule has 0 aromatic heterocycles. The number of hydrogen-bond acceptors (Lipinski definition) is 3. The number of para-hydroxylation sites is 1. The number of rotatable bonds is 6. The maximum Gasteiger partial charge on any atom is 0.313 e. The van der Waals surface area contributed by atoms with Gasteiger partial charge in [-0.05, 0) is 48.4 Å². The van der Waals surface area contributed by atoms with Gasteiger partial charge >= 0.3 is 11.8 Å². The lowest BCUT2D eigenvalue weighted by Crippen LogP contribution is -2.46. The fourth-order valence-electron chi connectivity index (χ4n) is 3.90. The van der Waals surface area contributed by atoms with E-state index < -0.39 is 11.8 Å². The topological polar surface area (TPSA) is 87.3 Å². The average Bonchev–Trinajstić information content (AvgIpc) is 2.79. The molecule has 1 aliphatic rings. The number of carbonyl (C=O) groups excluding carboxylic acids is 3. The molecule has 2 aromatic rings. The molecule has 3 N–H and O–H groups in total. The van der Waals surface area contributed by atoms with Gasteiger partial charge in [0.2, 0.25) is 0 Å². The minimum Gasteiger partial charge on any atom is -0.348 e. The number of amides is 3. The van der Waals surface area contributed by atoms with Gasteiger partial charge in [-0.3, -0.25) is 14.4 Å². The van der Waals surface area contributed by atoms with Crippen molar-refractivity contribution < 1.29 is 14.4 Å². The van der Waals surface area contributed by atoms with Crippen LogP contribution in [0.3, 0.4) is 0 Å². The van der Waals surface area contributed by atoms with Crippen molar-refractivity contribution in [1.82, 2.24) is 10.6 Å². The third-order valence-electron chi connectivity index (χ3n) is 5.94. The van der Waals surface area contributed by atoms with E-state index in [1.165, 1.54) is 5.56 Å². The molecule has 1 fully saturated rings. The van der Waals surface area contributed by atoms with Crippen molar-refractivity contribution >= 4 is 23.4 Å². The highest BCUT2D eigenvalue weighted by atomic mass is 16.2. The monoisotopic (exact) mass is 421 g/mol. The van der Waals surface area contributed by atoms with Gasteiger partial charge in [0, 0.05) is 12.6 Å². The first-order valence-electron chi connectivity index (χ1n) is 11.0. The summed E-state index contributed by atoms with van der Waals surface area (Å²) in [4.78, 5) is 37.5. The van der Waals surface area contributed by atoms with Gasteiger partial charge in [-0.1, -0.05) is 63.1 Å². The first kappa shape index (κ1) is 22.5. The minimum atomic E-state index is -0.756. The van der Waals surface area contributed by atoms with Crippen LogP contribution in [0.25, 0.3) is 0 Å². The number of carbonyl (C=O) groups is 3. The fraction of sp³-hybridized carbons (Fsp3) is 0.400. The largest absolute Gasteiger partial charge is 0.348 e. The van der Waals surface area contributed by atoms with Crippen molar-refractivity contribution in [2.45, 2.75) is 58.5 Å². The first-order valence-corrected chi connectivity index (χ1v) is 11.0. The zero-order valence-electron chi connectivity index (χ0n) is 18.2. The Morgan fingerprint density at radius 1 is 0.903 bits per heavy atom. The van der Waals surface area contributed by atoms with Crippen LogP contribution in [0.1, 0.15) is 61.0 Å². The van der Waals surface area contributed by atoms with E-state index >= 15 is 0 Å². The molecular weight excluding hydrogens is 390 g/mol. The Labute approximate surface area is 183 Å². The summed E-state index contributed by atoms with van der Waals surface area (Å²) in [5.41, 5.74) is 2.87. The average molecular weight is 422 g/mol. The predicted octanol–water partition coefficient (Wildman–Crippen LogP) is 3.81. The summed E-state index contributed by atoms with van der Waals surface area (Å²) in [6, 6.07) is 14.8. The quantitative estimate of drug-likeness (QED) is 0.620. The minimum absolute atomic E-state index is 0.0182. The Bertz CT molecular complexity index is 924. The lowest BCUT2D eigenvalue weighted by Gasteiger charge is -2.29. The second-order valence-electron chi connectivity index (χ2n) is 8.19. The Hall–Kier alpha value is -3.15. The van der Waals surface area contributed by atoms with Crippen LogP contribution in [-0.4, -0.2) is 23.8 Å². The summed E-state index contributed by atoms with van der Waals surface area (Å²) in [5.74, 6) is -1.37. The molecule has 0 bridgehead atoms. The molecule has 1 aliphatic carbocycles. The zero-order valence-corrected chi connectivity index (χ0v) is 18.2. The van der Waals surface area contributed by atoms with Crippen molar-refractivity contribution in [3.8, 4) is 0 Å². The van der Waals surface area contributed by atoms with E-state index in [1.54, 1.807) is 24.3 Å². The molecular formula is C25H31N3O3. The molecule has 0 heterocycles. The van der Waals surface area contributed by atoms with Crippen LogP contribution < -0.4 is 16.0 Å². The second-order valence-corrected chi connectivity index (χ2v) is 8.19. The van der Waals surface area contributed by atoms with Crippen LogP contribution >= 0.6 is 0 Å². The van der Waals surface area contributed by atoms with Crippen LogP contribution in [0.4, 0.5) is 5.69 Å². The summed E-state index contributed by atoms with van der Waals surface area (Å²) in [6.07, 6.45) is 5.12. The third kappa shape index (κ3) is 6.17. The molecule has 2 atom stereocenters. The molecule has 0 unspecified atom stereocenters. The molecule has 0 aliphatic heterocycles. The van der Waals surface area contributed by atoms with Gasteiger partial charge in [-0.2, -0.15) is 0 Å².